The summed E-state index contributed by atoms with van der Waals surface area (Å²) < 4.78 is 19.4. The number of benzene rings is 1. The van der Waals surface area contributed by atoms with E-state index in [1.165, 1.54) is 6.07 Å². The van der Waals surface area contributed by atoms with Gasteiger partial charge in [-0.05, 0) is 24.6 Å². The van der Waals surface area contributed by atoms with Gasteiger partial charge >= 0.3 is 0 Å². The predicted molar refractivity (Wildman–Crippen MR) is 65.6 cm³/mol. The number of hydrogen-bond donors (Lipinski definition) is 1. The van der Waals surface area contributed by atoms with Crippen LogP contribution in [0.1, 0.15) is 13.3 Å². The topological polar surface area (TPSA) is 35.2 Å². The maximum Gasteiger partial charge on any atom is 0.166 e. The second-order valence-corrected chi connectivity index (χ2v) is 4.38. The summed E-state index contributed by atoms with van der Waals surface area (Å²) in [6, 6.07) is 4.58. The van der Waals surface area contributed by atoms with Crippen LogP contribution in [0.25, 0.3) is 0 Å². The van der Waals surface area contributed by atoms with Crippen LogP contribution in [0.15, 0.2) is 22.7 Å². The zero-order valence-corrected chi connectivity index (χ0v) is 10.6. The lowest BCUT2D eigenvalue weighted by Crippen LogP contribution is -2.31. The summed E-state index contributed by atoms with van der Waals surface area (Å²) in [5, 5.41) is 0. The van der Waals surface area contributed by atoms with Gasteiger partial charge in [0, 0.05) is 4.47 Å². The van der Waals surface area contributed by atoms with E-state index in [1.54, 1.807) is 12.1 Å². The number of thiocarbonyl (C=S) groups is 1. The molecule has 0 radical (unpaired) electrons. The largest absolute Gasteiger partial charge is 0.480 e. The van der Waals surface area contributed by atoms with Crippen LogP contribution < -0.4 is 10.5 Å². The first-order chi connectivity index (χ1) is 7.04. The maximum atomic E-state index is 13.4. The molecule has 15 heavy (non-hydrogen) atoms. The molecule has 82 valence electrons. The first kappa shape index (κ1) is 12.4. The van der Waals surface area contributed by atoms with Gasteiger partial charge in [0.25, 0.3) is 0 Å². The van der Waals surface area contributed by atoms with Gasteiger partial charge in [-0.25, -0.2) is 4.39 Å². The molecular formula is C10H11BrFNOS. The molecule has 2 N–H and O–H groups in total. The molecule has 0 fully saturated rings. The van der Waals surface area contributed by atoms with Crippen LogP contribution in [0.5, 0.6) is 5.75 Å². The fraction of sp³-hybridized carbons (Fsp3) is 0.300. The molecule has 0 aromatic heterocycles. The van der Waals surface area contributed by atoms with Gasteiger partial charge in [-0.1, -0.05) is 35.1 Å². The molecule has 1 unspecified atom stereocenters. The third kappa shape index (κ3) is 3.43. The molecular weight excluding hydrogens is 281 g/mol. The monoisotopic (exact) mass is 291 g/mol. The normalized spacial score (nSPS) is 12.2. The molecule has 0 aliphatic heterocycles. The summed E-state index contributed by atoms with van der Waals surface area (Å²) in [5.41, 5.74) is 5.45. The molecule has 1 atom stereocenters. The third-order valence-corrected chi connectivity index (χ3v) is 2.61. The average molecular weight is 292 g/mol. The molecule has 1 rings (SSSR count). The van der Waals surface area contributed by atoms with Gasteiger partial charge < -0.3 is 10.5 Å². The van der Waals surface area contributed by atoms with Crippen LogP contribution in [-0.4, -0.2) is 11.1 Å². The highest BCUT2D eigenvalue weighted by molar-refractivity contribution is 9.10. The Balaban J connectivity index is 2.84. The highest BCUT2D eigenvalue weighted by Gasteiger charge is 2.13. The molecule has 2 nitrogen and oxygen atoms in total. The van der Waals surface area contributed by atoms with Crippen LogP contribution in [0, 0.1) is 5.82 Å². The Morgan fingerprint density at radius 2 is 2.33 bits per heavy atom. The van der Waals surface area contributed by atoms with Crippen molar-refractivity contribution in [2.24, 2.45) is 5.73 Å². The van der Waals surface area contributed by atoms with Gasteiger partial charge in [-0.3, -0.25) is 0 Å². The van der Waals surface area contributed by atoms with Crippen molar-refractivity contribution in [3.8, 4) is 5.75 Å². The summed E-state index contributed by atoms with van der Waals surface area (Å²) in [5.74, 6) is -0.267. The van der Waals surface area contributed by atoms with Crippen molar-refractivity contribution in [3.63, 3.8) is 0 Å². The molecule has 0 amide bonds. The van der Waals surface area contributed by atoms with Crippen LogP contribution in [0.4, 0.5) is 4.39 Å². The minimum Gasteiger partial charge on any atom is -0.480 e. The van der Waals surface area contributed by atoms with E-state index >= 15 is 0 Å². The molecule has 0 aliphatic carbocycles. The van der Waals surface area contributed by atoms with Crippen molar-refractivity contribution in [2.45, 2.75) is 19.4 Å². The van der Waals surface area contributed by atoms with E-state index in [2.05, 4.69) is 15.9 Å². The number of ether oxygens (including phenoxy) is 1. The zero-order valence-electron chi connectivity index (χ0n) is 8.17. The standard InChI is InChI=1S/C10H11BrFNOS/c1-2-8(10(13)15)14-9-4-3-6(11)5-7(9)12/h3-5,8H,2H2,1H3,(H2,13,15). The molecule has 5 heteroatoms. The van der Waals surface area contributed by atoms with Crippen molar-refractivity contribution in [3.05, 3.63) is 28.5 Å². The molecule has 0 spiro atoms. The van der Waals surface area contributed by atoms with E-state index in [9.17, 15) is 4.39 Å². The second kappa shape index (κ2) is 5.42. The summed E-state index contributed by atoms with van der Waals surface area (Å²) in [6.45, 7) is 1.88. The second-order valence-electron chi connectivity index (χ2n) is 2.99. The van der Waals surface area contributed by atoms with E-state index in [-0.39, 0.29) is 10.7 Å². The Morgan fingerprint density at radius 1 is 1.67 bits per heavy atom. The van der Waals surface area contributed by atoms with Crippen LogP contribution in [0.2, 0.25) is 0 Å². The minimum absolute atomic E-state index is 0.165. The average Bonchev–Trinajstić information content (AvgIpc) is 2.16. The van der Waals surface area contributed by atoms with E-state index in [0.29, 0.717) is 10.9 Å². The van der Waals surface area contributed by atoms with Crippen LogP contribution >= 0.6 is 28.1 Å². The van der Waals surface area contributed by atoms with Crippen molar-refractivity contribution < 1.29 is 9.13 Å². The Labute approximate surface area is 102 Å². The highest BCUT2D eigenvalue weighted by Crippen LogP contribution is 2.22. The Bertz CT molecular complexity index is 372. The van der Waals surface area contributed by atoms with Gasteiger partial charge in [-0.15, -0.1) is 0 Å². The molecule has 0 aliphatic rings. The third-order valence-electron chi connectivity index (χ3n) is 1.85. The number of hydrogen-bond acceptors (Lipinski definition) is 2. The van der Waals surface area contributed by atoms with Crippen molar-refractivity contribution in [1.82, 2.24) is 0 Å². The van der Waals surface area contributed by atoms with Gasteiger partial charge in [0.05, 0.1) is 0 Å². The van der Waals surface area contributed by atoms with Crippen LogP contribution in [0.3, 0.4) is 0 Å². The fourth-order valence-electron chi connectivity index (χ4n) is 1.07. The summed E-state index contributed by atoms with van der Waals surface area (Å²) in [6.07, 6.45) is 0.195. The van der Waals surface area contributed by atoms with E-state index < -0.39 is 11.9 Å². The smallest absolute Gasteiger partial charge is 0.166 e. The van der Waals surface area contributed by atoms with E-state index in [1.807, 2.05) is 6.92 Å². The summed E-state index contributed by atoms with van der Waals surface area (Å²) in [4.78, 5) is 0.236. The Morgan fingerprint density at radius 3 is 2.80 bits per heavy atom. The molecule has 1 aromatic rings. The first-order valence-electron chi connectivity index (χ1n) is 4.45. The van der Waals surface area contributed by atoms with Gasteiger partial charge in [0.15, 0.2) is 11.6 Å². The lowest BCUT2D eigenvalue weighted by Gasteiger charge is -2.16. The van der Waals surface area contributed by atoms with E-state index in [4.69, 9.17) is 22.7 Å². The maximum absolute atomic E-state index is 13.4. The molecule has 1 aromatic carbocycles. The summed E-state index contributed by atoms with van der Waals surface area (Å²) in [7, 11) is 0. The Hall–Kier alpha value is -0.680. The zero-order chi connectivity index (χ0) is 11.4. The SMILES string of the molecule is CCC(Oc1ccc(Br)cc1F)C(N)=S. The fourth-order valence-corrected chi connectivity index (χ4v) is 1.61. The van der Waals surface area contributed by atoms with Crippen molar-refractivity contribution >= 4 is 33.1 Å². The quantitative estimate of drug-likeness (QED) is 0.866. The molecule has 0 heterocycles. The van der Waals surface area contributed by atoms with Gasteiger partial charge in [0.2, 0.25) is 0 Å². The minimum atomic E-state index is -0.431. The molecule has 0 bridgehead atoms. The van der Waals surface area contributed by atoms with E-state index in [0.717, 1.165) is 0 Å². The first-order valence-corrected chi connectivity index (χ1v) is 5.65. The number of halogens is 2. The van der Waals surface area contributed by atoms with Crippen molar-refractivity contribution in [1.29, 1.82) is 0 Å². The van der Waals surface area contributed by atoms with Gasteiger partial charge in [-0.2, -0.15) is 0 Å². The lowest BCUT2D eigenvalue weighted by molar-refractivity contribution is 0.251. The highest BCUT2D eigenvalue weighted by atomic mass is 79.9. The number of rotatable bonds is 4. The van der Waals surface area contributed by atoms with Crippen LogP contribution in [-0.2, 0) is 0 Å². The molecule has 0 saturated carbocycles. The molecule has 0 saturated heterocycles. The Kier molecular flexibility index (Phi) is 4.47. The summed E-state index contributed by atoms with van der Waals surface area (Å²) >= 11 is 7.97. The van der Waals surface area contributed by atoms with Crippen molar-refractivity contribution in [2.75, 3.05) is 0 Å². The predicted octanol–water partition coefficient (Wildman–Crippen LogP) is 3.03. The number of nitrogens with two attached hydrogens (primary N) is 1. The lowest BCUT2D eigenvalue weighted by atomic mass is 10.2. The van der Waals surface area contributed by atoms with Gasteiger partial charge in [0.1, 0.15) is 11.1 Å².